The van der Waals surface area contributed by atoms with E-state index in [4.69, 9.17) is 10.5 Å². The molecule has 1 atom stereocenters. The van der Waals surface area contributed by atoms with Crippen LogP contribution in [0.4, 0.5) is 0 Å². The molecular weight excluding hydrogens is 174 g/mol. The normalized spacial score (nSPS) is 14.4. The molecule has 14 heavy (non-hydrogen) atoms. The SMILES string of the molecule is CCCCOCCCC(N)C(C)(C)C. The third-order valence-electron chi connectivity index (χ3n) is 2.56. The minimum Gasteiger partial charge on any atom is -0.381 e. The van der Waals surface area contributed by atoms with Crippen molar-refractivity contribution in [2.24, 2.45) is 11.1 Å². The van der Waals surface area contributed by atoms with Crippen molar-refractivity contribution >= 4 is 0 Å². The van der Waals surface area contributed by atoms with E-state index in [0.717, 1.165) is 26.1 Å². The minimum atomic E-state index is 0.226. The van der Waals surface area contributed by atoms with Gasteiger partial charge in [0.25, 0.3) is 0 Å². The zero-order valence-electron chi connectivity index (χ0n) is 10.3. The molecule has 0 aromatic carbocycles. The molecule has 0 aliphatic carbocycles. The lowest BCUT2D eigenvalue weighted by Gasteiger charge is -2.26. The van der Waals surface area contributed by atoms with Gasteiger partial charge in [-0.2, -0.15) is 0 Å². The molecule has 0 saturated heterocycles. The van der Waals surface area contributed by atoms with Gasteiger partial charge in [-0.3, -0.25) is 0 Å². The summed E-state index contributed by atoms with van der Waals surface area (Å²) in [5.74, 6) is 0. The fourth-order valence-corrected chi connectivity index (χ4v) is 1.19. The molecule has 0 rings (SSSR count). The molecule has 0 saturated carbocycles. The minimum absolute atomic E-state index is 0.226. The third kappa shape index (κ3) is 7.34. The second kappa shape index (κ2) is 7.24. The summed E-state index contributed by atoms with van der Waals surface area (Å²) in [6.45, 7) is 10.5. The Labute approximate surface area is 89.2 Å². The molecule has 0 aliphatic rings. The van der Waals surface area contributed by atoms with Gasteiger partial charge in [-0.1, -0.05) is 34.1 Å². The molecule has 86 valence electrons. The van der Waals surface area contributed by atoms with E-state index in [1.54, 1.807) is 0 Å². The van der Waals surface area contributed by atoms with Crippen molar-refractivity contribution < 1.29 is 4.74 Å². The predicted molar refractivity (Wildman–Crippen MR) is 62.4 cm³/mol. The van der Waals surface area contributed by atoms with Crippen molar-refractivity contribution in [3.63, 3.8) is 0 Å². The van der Waals surface area contributed by atoms with Crippen LogP contribution in [0.5, 0.6) is 0 Å². The summed E-state index contributed by atoms with van der Waals surface area (Å²) in [5, 5.41) is 0. The van der Waals surface area contributed by atoms with Gasteiger partial charge in [0, 0.05) is 19.3 Å². The highest BCUT2D eigenvalue weighted by atomic mass is 16.5. The number of unbranched alkanes of at least 4 members (excludes halogenated alkanes) is 1. The smallest absolute Gasteiger partial charge is 0.0466 e. The van der Waals surface area contributed by atoms with Gasteiger partial charge in [0.05, 0.1) is 0 Å². The van der Waals surface area contributed by atoms with Crippen molar-refractivity contribution in [3.05, 3.63) is 0 Å². The Hall–Kier alpha value is -0.0800. The fraction of sp³-hybridized carbons (Fsp3) is 1.00. The summed E-state index contributed by atoms with van der Waals surface area (Å²) in [7, 11) is 0. The Kier molecular flexibility index (Phi) is 7.20. The average molecular weight is 201 g/mol. The Balaban J connectivity index is 3.28. The van der Waals surface area contributed by atoms with E-state index >= 15 is 0 Å². The molecule has 0 amide bonds. The number of hydrogen-bond acceptors (Lipinski definition) is 2. The van der Waals surface area contributed by atoms with E-state index in [2.05, 4.69) is 27.7 Å². The van der Waals surface area contributed by atoms with Crippen LogP contribution in [0.1, 0.15) is 53.4 Å². The number of ether oxygens (including phenoxy) is 1. The molecule has 0 aromatic rings. The molecule has 0 aliphatic heterocycles. The Bertz CT molecular complexity index is 129. The molecule has 0 aromatic heterocycles. The van der Waals surface area contributed by atoms with E-state index in [-0.39, 0.29) is 11.5 Å². The number of nitrogens with two attached hydrogens (primary N) is 1. The van der Waals surface area contributed by atoms with Gasteiger partial charge in [-0.05, 0) is 24.7 Å². The van der Waals surface area contributed by atoms with Crippen LogP contribution in [0.2, 0.25) is 0 Å². The van der Waals surface area contributed by atoms with Crippen LogP contribution in [0.3, 0.4) is 0 Å². The molecular formula is C12H27NO. The van der Waals surface area contributed by atoms with Crippen LogP contribution in [-0.2, 0) is 4.74 Å². The molecule has 0 fully saturated rings. The average Bonchev–Trinajstić information content (AvgIpc) is 2.09. The second-order valence-electron chi connectivity index (χ2n) is 5.08. The maximum Gasteiger partial charge on any atom is 0.0466 e. The fourth-order valence-electron chi connectivity index (χ4n) is 1.19. The first-order valence-corrected chi connectivity index (χ1v) is 5.81. The largest absolute Gasteiger partial charge is 0.381 e. The highest BCUT2D eigenvalue weighted by molar-refractivity contribution is 4.76. The Morgan fingerprint density at radius 1 is 1.14 bits per heavy atom. The van der Waals surface area contributed by atoms with Crippen molar-refractivity contribution in [2.75, 3.05) is 13.2 Å². The van der Waals surface area contributed by atoms with E-state index in [9.17, 15) is 0 Å². The van der Waals surface area contributed by atoms with Gasteiger partial charge < -0.3 is 10.5 Å². The van der Waals surface area contributed by atoms with Crippen LogP contribution in [0, 0.1) is 5.41 Å². The molecule has 1 unspecified atom stereocenters. The molecule has 0 bridgehead atoms. The van der Waals surface area contributed by atoms with Crippen molar-refractivity contribution in [3.8, 4) is 0 Å². The van der Waals surface area contributed by atoms with Crippen LogP contribution in [0.15, 0.2) is 0 Å². The van der Waals surface area contributed by atoms with Crippen molar-refractivity contribution in [1.82, 2.24) is 0 Å². The molecule has 0 spiro atoms. The number of rotatable bonds is 7. The first-order chi connectivity index (χ1) is 6.48. The predicted octanol–water partition coefficient (Wildman–Crippen LogP) is 2.96. The van der Waals surface area contributed by atoms with E-state index in [1.807, 2.05) is 0 Å². The topological polar surface area (TPSA) is 35.2 Å². The van der Waals surface area contributed by atoms with Crippen LogP contribution < -0.4 is 5.73 Å². The lowest BCUT2D eigenvalue weighted by Crippen LogP contribution is -2.35. The summed E-state index contributed by atoms with van der Waals surface area (Å²) in [4.78, 5) is 0. The van der Waals surface area contributed by atoms with E-state index < -0.39 is 0 Å². The van der Waals surface area contributed by atoms with Gasteiger partial charge in [-0.25, -0.2) is 0 Å². The standard InChI is InChI=1S/C12H27NO/c1-5-6-9-14-10-7-8-11(13)12(2,3)4/h11H,5-10,13H2,1-4H3. The summed E-state index contributed by atoms with van der Waals surface area (Å²) >= 11 is 0. The second-order valence-corrected chi connectivity index (χ2v) is 5.08. The van der Waals surface area contributed by atoms with Gasteiger partial charge in [0.1, 0.15) is 0 Å². The zero-order valence-corrected chi connectivity index (χ0v) is 10.3. The molecule has 2 nitrogen and oxygen atoms in total. The monoisotopic (exact) mass is 201 g/mol. The van der Waals surface area contributed by atoms with Crippen LogP contribution in [-0.4, -0.2) is 19.3 Å². The van der Waals surface area contributed by atoms with Crippen LogP contribution in [0.25, 0.3) is 0 Å². The summed E-state index contributed by atoms with van der Waals surface area (Å²) in [6.07, 6.45) is 4.53. The first-order valence-electron chi connectivity index (χ1n) is 5.81. The van der Waals surface area contributed by atoms with Gasteiger partial charge >= 0.3 is 0 Å². The Morgan fingerprint density at radius 2 is 1.71 bits per heavy atom. The molecule has 2 heteroatoms. The van der Waals surface area contributed by atoms with Gasteiger partial charge in [0.2, 0.25) is 0 Å². The maximum atomic E-state index is 6.04. The van der Waals surface area contributed by atoms with Gasteiger partial charge in [0.15, 0.2) is 0 Å². The molecule has 0 heterocycles. The molecule has 0 radical (unpaired) electrons. The third-order valence-corrected chi connectivity index (χ3v) is 2.56. The maximum absolute atomic E-state index is 6.04. The van der Waals surface area contributed by atoms with Gasteiger partial charge in [-0.15, -0.1) is 0 Å². The van der Waals surface area contributed by atoms with Crippen molar-refractivity contribution in [1.29, 1.82) is 0 Å². The number of hydrogen-bond donors (Lipinski definition) is 1. The summed E-state index contributed by atoms with van der Waals surface area (Å²) in [6, 6.07) is 0.289. The first kappa shape index (κ1) is 13.9. The van der Waals surface area contributed by atoms with E-state index in [1.165, 1.54) is 12.8 Å². The summed E-state index contributed by atoms with van der Waals surface area (Å²) < 4.78 is 5.48. The highest BCUT2D eigenvalue weighted by Crippen LogP contribution is 2.20. The zero-order chi connectivity index (χ0) is 11.0. The van der Waals surface area contributed by atoms with E-state index in [0.29, 0.717) is 0 Å². The lowest BCUT2D eigenvalue weighted by atomic mass is 9.85. The van der Waals surface area contributed by atoms with Crippen LogP contribution >= 0.6 is 0 Å². The Morgan fingerprint density at radius 3 is 2.21 bits per heavy atom. The highest BCUT2D eigenvalue weighted by Gasteiger charge is 2.19. The lowest BCUT2D eigenvalue weighted by molar-refractivity contribution is 0.122. The molecule has 2 N–H and O–H groups in total. The quantitative estimate of drug-likeness (QED) is 0.643. The summed E-state index contributed by atoms with van der Waals surface area (Å²) in [5.41, 5.74) is 6.26. The van der Waals surface area contributed by atoms with Crippen molar-refractivity contribution in [2.45, 2.75) is 59.4 Å².